The number of esters is 1. The molecule has 0 bridgehead atoms. The third-order valence-corrected chi connectivity index (χ3v) is 3.74. The molecule has 1 atom stereocenters. The first-order valence-electron chi connectivity index (χ1n) is 6.94. The molecule has 0 aromatic heterocycles. The Bertz CT molecular complexity index is 544. The average Bonchev–Trinajstić information content (AvgIpc) is 2.91. The first-order chi connectivity index (χ1) is 9.97. The number of benzene rings is 1. The van der Waals surface area contributed by atoms with Gasteiger partial charge in [0.15, 0.2) is 6.10 Å². The predicted octanol–water partition coefficient (Wildman–Crippen LogP) is 3.08. The molecule has 0 spiro atoms. The fraction of sp³-hybridized carbons (Fsp3) is 0.467. The lowest BCUT2D eigenvalue weighted by atomic mass is 10.2. The normalized spacial score (nSPS) is 16.5. The fourth-order valence-corrected chi connectivity index (χ4v) is 2.48. The number of hydrogen-bond donors (Lipinski definition) is 1. The molecule has 0 aliphatic heterocycles. The maximum atomic E-state index is 13.6. The zero-order chi connectivity index (χ0) is 15.4. The molecular formula is C15H17ClFNO3. The number of halogens is 2. The molecule has 2 rings (SSSR count). The zero-order valence-corrected chi connectivity index (χ0v) is 12.5. The minimum absolute atomic E-state index is 0.144. The van der Waals surface area contributed by atoms with Gasteiger partial charge in [-0.25, -0.2) is 9.18 Å². The van der Waals surface area contributed by atoms with Gasteiger partial charge < -0.3 is 10.1 Å². The second kappa shape index (κ2) is 6.89. The van der Waals surface area contributed by atoms with Crippen molar-refractivity contribution in [3.05, 3.63) is 34.6 Å². The van der Waals surface area contributed by atoms with Crippen molar-refractivity contribution < 1.29 is 18.7 Å². The molecule has 1 aliphatic carbocycles. The van der Waals surface area contributed by atoms with E-state index < -0.39 is 17.9 Å². The van der Waals surface area contributed by atoms with Gasteiger partial charge in [0.2, 0.25) is 0 Å². The van der Waals surface area contributed by atoms with Crippen LogP contribution in [0.15, 0.2) is 18.2 Å². The van der Waals surface area contributed by atoms with Crippen LogP contribution in [0.3, 0.4) is 0 Å². The van der Waals surface area contributed by atoms with Gasteiger partial charge in [-0.05, 0) is 38.0 Å². The Labute approximate surface area is 127 Å². The first kappa shape index (κ1) is 15.8. The van der Waals surface area contributed by atoms with Crippen molar-refractivity contribution >= 4 is 23.5 Å². The molecule has 1 aromatic rings. The van der Waals surface area contributed by atoms with Crippen LogP contribution >= 0.6 is 11.6 Å². The van der Waals surface area contributed by atoms with E-state index in [9.17, 15) is 14.0 Å². The van der Waals surface area contributed by atoms with E-state index in [1.807, 2.05) is 0 Å². The van der Waals surface area contributed by atoms with E-state index in [0.717, 1.165) is 31.7 Å². The van der Waals surface area contributed by atoms with Crippen molar-refractivity contribution in [2.24, 2.45) is 0 Å². The second-order valence-corrected chi connectivity index (χ2v) is 5.60. The molecule has 1 amide bonds. The summed E-state index contributed by atoms with van der Waals surface area (Å²) >= 11 is 5.62. The van der Waals surface area contributed by atoms with E-state index in [-0.39, 0.29) is 22.5 Å². The number of rotatable bonds is 4. The number of carbonyl (C=O) groups excluding carboxylic acids is 2. The van der Waals surface area contributed by atoms with Crippen LogP contribution in [0.1, 0.15) is 43.0 Å². The van der Waals surface area contributed by atoms with Crippen molar-refractivity contribution in [2.45, 2.75) is 44.8 Å². The Morgan fingerprint density at radius 1 is 1.38 bits per heavy atom. The molecule has 1 saturated carbocycles. The maximum absolute atomic E-state index is 13.6. The largest absolute Gasteiger partial charge is 0.449 e. The fourth-order valence-electron chi connectivity index (χ4n) is 2.32. The summed E-state index contributed by atoms with van der Waals surface area (Å²) in [6.07, 6.45) is 3.11. The van der Waals surface area contributed by atoms with Crippen LogP contribution in [0.5, 0.6) is 0 Å². The Hall–Kier alpha value is -1.62. The highest BCUT2D eigenvalue weighted by Crippen LogP contribution is 2.18. The number of hydrogen-bond acceptors (Lipinski definition) is 3. The van der Waals surface area contributed by atoms with E-state index in [4.69, 9.17) is 16.3 Å². The quantitative estimate of drug-likeness (QED) is 0.869. The highest BCUT2D eigenvalue weighted by atomic mass is 35.5. The van der Waals surface area contributed by atoms with Crippen LogP contribution in [0, 0.1) is 5.82 Å². The Kier molecular flexibility index (Phi) is 5.17. The van der Waals surface area contributed by atoms with Crippen LogP contribution in [0.25, 0.3) is 0 Å². The minimum atomic E-state index is -0.965. The number of amides is 1. The van der Waals surface area contributed by atoms with Crippen molar-refractivity contribution in [3.63, 3.8) is 0 Å². The van der Waals surface area contributed by atoms with Gasteiger partial charge in [0.25, 0.3) is 5.91 Å². The summed E-state index contributed by atoms with van der Waals surface area (Å²) in [6, 6.07) is 3.80. The summed E-state index contributed by atoms with van der Waals surface area (Å²) in [7, 11) is 0. The highest BCUT2D eigenvalue weighted by molar-refractivity contribution is 6.30. The molecule has 0 radical (unpaired) electrons. The van der Waals surface area contributed by atoms with Gasteiger partial charge >= 0.3 is 5.97 Å². The number of nitrogens with one attached hydrogen (secondary N) is 1. The molecule has 4 nitrogen and oxygen atoms in total. The molecule has 0 saturated heterocycles. The van der Waals surface area contributed by atoms with Gasteiger partial charge in [-0.1, -0.05) is 24.4 Å². The lowest BCUT2D eigenvalue weighted by Crippen LogP contribution is -2.40. The van der Waals surface area contributed by atoms with Crippen LogP contribution < -0.4 is 5.32 Å². The SMILES string of the molecule is C[C@H](OC(=O)c1ccc(Cl)cc1F)C(=O)NC1CCCC1. The van der Waals surface area contributed by atoms with Crippen molar-refractivity contribution in [3.8, 4) is 0 Å². The minimum Gasteiger partial charge on any atom is -0.449 e. The van der Waals surface area contributed by atoms with Gasteiger partial charge in [0.05, 0.1) is 5.56 Å². The number of carbonyl (C=O) groups is 2. The molecule has 1 fully saturated rings. The summed E-state index contributed by atoms with van der Waals surface area (Å²) in [5.74, 6) is -2.00. The summed E-state index contributed by atoms with van der Waals surface area (Å²) in [4.78, 5) is 23.7. The summed E-state index contributed by atoms with van der Waals surface area (Å²) in [6.45, 7) is 1.47. The van der Waals surface area contributed by atoms with Crippen molar-refractivity contribution in [2.75, 3.05) is 0 Å². The summed E-state index contributed by atoms with van der Waals surface area (Å²) in [5.41, 5.74) is -0.236. The molecule has 0 heterocycles. The lowest BCUT2D eigenvalue weighted by Gasteiger charge is -2.17. The van der Waals surface area contributed by atoms with Gasteiger partial charge in [-0.15, -0.1) is 0 Å². The van der Waals surface area contributed by atoms with Crippen LogP contribution in [0.4, 0.5) is 4.39 Å². The van der Waals surface area contributed by atoms with E-state index in [0.29, 0.717) is 0 Å². The van der Waals surface area contributed by atoms with Crippen molar-refractivity contribution in [1.29, 1.82) is 0 Å². The van der Waals surface area contributed by atoms with Crippen LogP contribution in [-0.4, -0.2) is 24.0 Å². The molecule has 1 N–H and O–H groups in total. The van der Waals surface area contributed by atoms with Gasteiger partial charge in [-0.3, -0.25) is 4.79 Å². The second-order valence-electron chi connectivity index (χ2n) is 5.16. The van der Waals surface area contributed by atoms with E-state index in [1.54, 1.807) is 0 Å². The van der Waals surface area contributed by atoms with Gasteiger partial charge in [0.1, 0.15) is 5.82 Å². The summed E-state index contributed by atoms with van der Waals surface area (Å²) < 4.78 is 18.6. The monoisotopic (exact) mass is 313 g/mol. The van der Waals surface area contributed by atoms with E-state index in [1.165, 1.54) is 19.1 Å². The molecule has 114 valence electrons. The van der Waals surface area contributed by atoms with E-state index in [2.05, 4.69) is 5.32 Å². The third-order valence-electron chi connectivity index (χ3n) is 3.51. The van der Waals surface area contributed by atoms with Crippen LogP contribution in [0.2, 0.25) is 5.02 Å². The Balaban J connectivity index is 1.93. The molecule has 1 aliphatic rings. The molecular weight excluding hydrogens is 297 g/mol. The molecule has 21 heavy (non-hydrogen) atoms. The smallest absolute Gasteiger partial charge is 0.341 e. The molecule has 1 aromatic carbocycles. The average molecular weight is 314 g/mol. The van der Waals surface area contributed by atoms with Gasteiger partial charge in [0, 0.05) is 11.1 Å². The maximum Gasteiger partial charge on any atom is 0.341 e. The highest BCUT2D eigenvalue weighted by Gasteiger charge is 2.24. The Morgan fingerprint density at radius 3 is 2.67 bits per heavy atom. The molecule has 6 heteroatoms. The predicted molar refractivity (Wildman–Crippen MR) is 76.7 cm³/mol. The topological polar surface area (TPSA) is 55.4 Å². The standard InChI is InChI=1S/C15H17ClFNO3/c1-9(14(19)18-11-4-2-3-5-11)21-15(20)12-7-6-10(16)8-13(12)17/h6-9,11H,2-5H2,1H3,(H,18,19)/t9-/m0/s1. The zero-order valence-electron chi connectivity index (χ0n) is 11.7. The van der Waals surface area contributed by atoms with Crippen molar-refractivity contribution in [1.82, 2.24) is 5.32 Å². The first-order valence-corrected chi connectivity index (χ1v) is 7.31. The third kappa shape index (κ3) is 4.17. The summed E-state index contributed by atoms with van der Waals surface area (Å²) in [5, 5.41) is 3.02. The van der Waals surface area contributed by atoms with Gasteiger partial charge in [-0.2, -0.15) is 0 Å². The van der Waals surface area contributed by atoms with E-state index >= 15 is 0 Å². The Morgan fingerprint density at radius 2 is 2.05 bits per heavy atom. The lowest BCUT2D eigenvalue weighted by molar-refractivity contribution is -0.129. The number of ether oxygens (including phenoxy) is 1. The van der Waals surface area contributed by atoms with Crippen LogP contribution in [-0.2, 0) is 9.53 Å². The molecule has 0 unspecified atom stereocenters.